The second kappa shape index (κ2) is 6.09. The van der Waals surface area contributed by atoms with Gasteiger partial charge in [-0.1, -0.05) is 34.1 Å². The normalized spacial score (nSPS) is 10.8. The molecule has 6 nitrogen and oxygen atoms in total. The third-order valence-electron chi connectivity index (χ3n) is 3.05. The predicted molar refractivity (Wildman–Crippen MR) is 87.3 cm³/mol. The van der Waals surface area contributed by atoms with E-state index in [0.29, 0.717) is 12.5 Å². The summed E-state index contributed by atoms with van der Waals surface area (Å²) in [4.78, 5) is 8.87. The Labute approximate surface area is 130 Å². The van der Waals surface area contributed by atoms with E-state index in [9.17, 15) is 0 Å². The van der Waals surface area contributed by atoms with Crippen molar-refractivity contribution in [2.24, 2.45) is 0 Å². The molecule has 0 atom stereocenters. The predicted octanol–water partition coefficient (Wildman–Crippen LogP) is 3.16. The van der Waals surface area contributed by atoms with Gasteiger partial charge in [-0.3, -0.25) is 5.10 Å². The van der Waals surface area contributed by atoms with Crippen LogP contribution in [0.1, 0.15) is 12.5 Å². The molecular formula is C14H15BrN6. The largest absolute Gasteiger partial charge is 0.365 e. The number of halogens is 1. The van der Waals surface area contributed by atoms with Crippen molar-refractivity contribution in [2.45, 2.75) is 13.5 Å². The summed E-state index contributed by atoms with van der Waals surface area (Å²) in [5, 5.41) is 14.3. The maximum Gasteiger partial charge on any atom is 0.226 e. The first-order chi connectivity index (χ1) is 10.3. The topological polar surface area (TPSA) is 78.5 Å². The lowest BCUT2D eigenvalue weighted by molar-refractivity contribution is 1.05. The molecule has 0 aliphatic carbocycles. The van der Waals surface area contributed by atoms with E-state index in [1.165, 1.54) is 0 Å². The van der Waals surface area contributed by atoms with E-state index >= 15 is 0 Å². The maximum absolute atomic E-state index is 4.50. The lowest BCUT2D eigenvalue weighted by Gasteiger charge is -2.10. The van der Waals surface area contributed by atoms with Gasteiger partial charge in [-0.15, -0.1) is 0 Å². The average Bonchev–Trinajstić information content (AvgIpc) is 2.95. The van der Waals surface area contributed by atoms with Gasteiger partial charge in [0.1, 0.15) is 5.82 Å². The summed E-state index contributed by atoms with van der Waals surface area (Å²) in [6.07, 6.45) is 1.73. The Hall–Kier alpha value is -2.15. The molecule has 0 unspecified atom stereocenters. The van der Waals surface area contributed by atoms with E-state index in [4.69, 9.17) is 0 Å². The minimum absolute atomic E-state index is 0.587. The second-order valence-corrected chi connectivity index (χ2v) is 5.36. The number of anilines is 2. The van der Waals surface area contributed by atoms with Gasteiger partial charge in [-0.05, 0) is 18.6 Å². The lowest BCUT2D eigenvalue weighted by atomic mass is 10.2. The quantitative estimate of drug-likeness (QED) is 0.661. The van der Waals surface area contributed by atoms with Crippen molar-refractivity contribution < 1.29 is 0 Å². The number of fused-ring (bicyclic) bond motifs is 1. The zero-order valence-electron chi connectivity index (χ0n) is 11.5. The van der Waals surface area contributed by atoms with Gasteiger partial charge in [0.25, 0.3) is 0 Å². The smallest absolute Gasteiger partial charge is 0.226 e. The van der Waals surface area contributed by atoms with Crippen molar-refractivity contribution in [3.8, 4) is 0 Å². The number of nitrogens with one attached hydrogen (secondary N) is 3. The van der Waals surface area contributed by atoms with Crippen LogP contribution >= 0.6 is 15.9 Å². The van der Waals surface area contributed by atoms with E-state index in [2.05, 4.69) is 52.8 Å². The van der Waals surface area contributed by atoms with Crippen molar-refractivity contribution in [1.29, 1.82) is 0 Å². The Morgan fingerprint density at radius 3 is 2.86 bits per heavy atom. The summed E-state index contributed by atoms with van der Waals surface area (Å²) in [5.74, 6) is 1.35. The Morgan fingerprint density at radius 2 is 2.05 bits per heavy atom. The molecule has 0 radical (unpaired) electrons. The molecule has 21 heavy (non-hydrogen) atoms. The standard InChI is InChI=1S/C14H15BrN6/c1-2-16-14-19-12(10-8-18-21-13(10)20-14)17-7-9-5-3-4-6-11(9)15/h3-6,8H,2,7H2,1H3,(H3,16,17,18,19,20,21). The molecule has 0 aliphatic rings. The van der Waals surface area contributed by atoms with Crippen molar-refractivity contribution >= 4 is 38.7 Å². The maximum atomic E-state index is 4.50. The Bertz CT molecular complexity index is 754. The highest BCUT2D eigenvalue weighted by Crippen LogP contribution is 2.22. The van der Waals surface area contributed by atoms with Gasteiger partial charge in [-0.2, -0.15) is 15.1 Å². The fourth-order valence-electron chi connectivity index (χ4n) is 2.03. The number of rotatable bonds is 5. The Morgan fingerprint density at radius 1 is 1.19 bits per heavy atom. The number of benzene rings is 1. The minimum Gasteiger partial charge on any atom is -0.365 e. The highest BCUT2D eigenvalue weighted by molar-refractivity contribution is 9.10. The molecular weight excluding hydrogens is 332 g/mol. The molecule has 3 N–H and O–H groups in total. The Kier molecular flexibility index (Phi) is 4.01. The molecule has 0 fully saturated rings. The summed E-state index contributed by atoms with van der Waals surface area (Å²) in [6.45, 7) is 3.45. The van der Waals surface area contributed by atoms with E-state index in [-0.39, 0.29) is 0 Å². The van der Waals surface area contributed by atoms with Gasteiger partial charge >= 0.3 is 0 Å². The third-order valence-corrected chi connectivity index (χ3v) is 3.82. The molecule has 1 aromatic carbocycles. The zero-order valence-corrected chi connectivity index (χ0v) is 13.1. The van der Waals surface area contributed by atoms with Gasteiger partial charge in [0.05, 0.1) is 11.6 Å². The summed E-state index contributed by atoms with van der Waals surface area (Å²) >= 11 is 3.55. The molecule has 0 aliphatic heterocycles. The lowest BCUT2D eigenvalue weighted by Crippen LogP contribution is -2.07. The molecule has 2 aromatic heterocycles. The first-order valence-electron chi connectivity index (χ1n) is 6.70. The fraction of sp³-hybridized carbons (Fsp3) is 0.214. The summed E-state index contributed by atoms with van der Waals surface area (Å²) in [6, 6.07) is 8.10. The molecule has 0 saturated carbocycles. The van der Waals surface area contributed by atoms with E-state index in [1.54, 1.807) is 6.20 Å². The second-order valence-electron chi connectivity index (χ2n) is 4.50. The van der Waals surface area contributed by atoms with Gasteiger partial charge in [0, 0.05) is 17.6 Å². The number of hydrogen-bond donors (Lipinski definition) is 3. The van der Waals surface area contributed by atoms with E-state index < -0.39 is 0 Å². The first-order valence-corrected chi connectivity index (χ1v) is 7.49. The number of H-pyrrole nitrogens is 1. The summed E-state index contributed by atoms with van der Waals surface area (Å²) in [5.41, 5.74) is 1.88. The highest BCUT2D eigenvalue weighted by Gasteiger charge is 2.09. The number of aromatic amines is 1. The highest BCUT2D eigenvalue weighted by atomic mass is 79.9. The SMILES string of the molecule is CCNc1nc(NCc2ccccc2Br)c2cn[nH]c2n1. The van der Waals surface area contributed by atoms with Gasteiger partial charge in [-0.25, -0.2) is 0 Å². The number of nitrogens with zero attached hydrogens (tertiary/aromatic N) is 3. The fourth-order valence-corrected chi connectivity index (χ4v) is 2.45. The first kappa shape index (κ1) is 13.8. The van der Waals surface area contributed by atoms with E-state index in [1.807, 2.05) is 25.1 Å². The summed E-state index contributed by atoms with van der Waals surface area (Å²) in [7, 11) is 0. The Balaban J connectivity index is 1.89. The van der Waals surface area contributed by atoms with Crippen molar-refractivity contribution in [1.82, 2.24) is 20.2 Å². The van der Waals surface area contributed by atoms with Crippen LogP contribution in [0.5, 0.6) is 0 Å². The summed E-state index contributed by atoms with van der Waals surface area (Å²) < 4.78 is 1.07. The van der Waals surface area contributed by atoms with E-state index in [0.717, 1.165) is 33.4 Å². The molecule has 0 bridgehead atoms. The number of aromatic nitrogens is 4. The van der Waals surface area contributed by atoms with Crippen LogP contribution in [0.2, 0.25) is 0 Å². The van der Waals surface area contributed by atoms with Gasteiger partial charge in [0.2, 0.25) is 5.95 Å². The van der Waals surface area contributed by atoms with Crippen LogP contribution in [0.4, 0.5) is 11.8 Å². The molecule has 7 heteroatoms. The van der Waals surface area contributed by atoms with Crippen molar-refractivity contribution in [3.05, 3.63) is 40.5 Å². The van der Waals surface area contributed by atoms with Crippen LogP contribution in [-0.4, -0.2) is 26.7 Å². The van der Waals surface area contributed by atoms with Crippen LogP contribution in [0.3, 0.4) is 0 Å². The van der Waals surface area contributed by atoms with Crippen LogP contribution in [0, 0.1) is 0 Å². The van der Waals surface area contributed by atoms with Crippen molar-refractivity contribution in [3.63, 3.8) is 0 Å². The molecule has 3 rings (SSSR count). The minimum atomic E-state index is 0.587. The molecule has 0 spiro atoms. The van der Waals surface area contributed by atoms with Crippen molar-refractivity contribution in [2.75, 3.05) is 17.2 Å². The molecule has 2 heterocycles. The van der Waals surface area contributed by atoms with Gasteiger partial charge in [0.15, 0.2) is 5.65 Å². The van der Waals surface area contributed by atoms with Crippen LogP contribution in [0.25, 0.3) is 11.0 Å². The van der Waals surface area contributed by atoms with Crippen LogP contribution in [0.15, 0.2) is 34.9 Å². The van der Waals surface area contributed by atoms with Crippen LogP contribution < -0.4 is 10.6 Å². The van der Waals surface area contributed by atoms with Crippen LogP contribution in [-0.2, 0) is 6.54 Å². The zero-order chi connectivity index (χ0) is 14.7. The molecule has 0 amide bonds. The average molecular weight is 347 g/mol. The monoisotopic (exact) mass is 346 g/mol. The number of hydrogen-bond acceptors (Lipinski definition) is 5. The molecule has 108 valence electrons. The third kappa shape index (κ3) is 2.97. The molecule has 3 aromatic rings. The molecule has 0 saturated heterocycles. The van der Waals surface area contributed by atoms with Gasteiger partial charge < -0.3 is 10.6 Å².